The molecule has 2 aromatic heterocycles. The van der Waals surface area contributed by atoms with E-state index in [1.54, 1.807) is 30.5 Å². The lowest BCUT2D eigenvalue weighted by Crippen LogP contribution is -2.01. The second-order valence-electron chi connectivity index (χ2n) is 5.78. The summed E-state index contributed by atoms with van der Waals surface area (Å²) in [5, 5.41) is 9.23. The first kappa shape index (κ1) is 18.5. The van der Waals surface area contributed by atoms with Gasteiger partial charge in [0.15, 0.2) is 11.6 Å². The van der Waals surface area contributed by atoms with Gasteiger partial charge in [-0.15, -0.1) is 11.3 Å². The predicted octanol–water partition coefficient (Wildman–Crippen LogP) is 4.77. The molecule has 0 radical (unpaired) electrons. The van der Waals surface area contributed by atoms with Gasteiger partial charge in [-0.05, 0) is 60.2 Å². The maximum absolute atomic E-state index is 12.0. The van der Waals surface area contributed by atoms with Gasteiger partial charge in [-0.25, -0.2) is 0 Å². The van der Waals surface area contributed by atoms with E-state index in [2.05, 4.69) is 4.98 Å². The van der Waals surface area contributed by atoms with E-state index < -0.39 is 0 Å². The topological polar surface area (TPSA) is 67.3 Å². The number of aromatic hydroxyl groups is 1. The first-order valence-corrected chi connectivity index (χ1v) is 9.14. The molecule has 1 N–H and O–H groups in total. The summed E-state index contributed by atoms with van der Waals surface area (Å²) in [5.41, 5.74) is 1.67. The highest BCUT2D eigenvalue weighted by Crippen LogP contribution is 2.27. The highest BCUT2D eigenvalue weighted by molar-refractivity contribution is 7.16. The van der Waals surface area contributed by atoms with Crippen LogP contribution in [0.25, 0.3) is 22.7 Å². The van der Waals surface area contributed by atoms with Gasteiger partial charge < -0.3 is 5.11 Å². The quantitative estimate of drug-likeness (QED) is 0.477. The SMILES string of the molecule is O=C(C=Cc1ccc(O)cc1)CC(=O)C=Cc1ccc(-c2ccccn2)s1. The second kappa shape index (κ2) is 8.87. The number of aromatic nitrogens is 1. The van der Waals surface area contributed by atoms with Crippen LogP contribution in [-0.4, -0.2) is 21.7 Å². The number of ketones is 2. The molecule has 0 spiro atoms. The van der Waals surface area contributed by atoms with Crippen molar-refractivity contribution in [1.82, 2.24) is 4.98 Å². The third-order valence-electron chi connectivity index (χ3n) is 3.68. The molecule has 0 aliphatic carbocycles. The van der Waals surface area contributed by atoms with Crippen molar-refractivity contribution >= 4 is 35.1 Å². The average molecular weight is 375 g/mol. The van der Waals surface area contributed by atoms with Gasteiger partial charge in [0.2, 0.25) is 0 Å². The van der Waals surface area contributed by atoms with Crippen LogP contribution >= 0.6 is 11.3 Å². The standard InChI is InChI=1S/C22H17NO3S/c24-17-7-4-16(5-8-17)6-9-18(25)15-19(26)10-11-20-12-13-22(27-20)21-3-1-2-14-23-21/h1-14,24H,15H2. The van der Waals surface area contributed by atoms with Gasteiger partial charge in [0.1, 0.15) is 5.75 Å². The second-order valence-corrected chi connectivity index (χ2v) is 6.90. The van der Waals surface area contributed by atoms with Crippen LogP contribution in [0.15, 0.2) is 72.9 Å². The van der Waals surface area contributed by atoms with Crippen LogP contribution in [0.4, 0.5) is 0 Å². The molecule has 3 aromatic rings. The summed E-state index contributed by atoms with van der Waals surface area (Å²) in [6.07, 6.45) is 7.71. The van der Waals surface area contributed by atoms with E-state index in [0.717, 1.165) is 21.0 Å². The van der Waals surface area contributed by atoms with E-state index in [1.165, 1.54) is 35.6 Å². The van der Waals surface area contributed by atoms with Crippen molar-refractivity contribution in [2.24, 2.45) is 0 Å². The smallest absolute Gasteiger partial charge is 0.163 e. The van der Waals surface area contributed by atoms with Crippen LogP contribution < -0.4 is 0 Å². The van der Waals surface area contributed by atoms with Crippen LogP contribution in [-0.2, 0) is 9.59 Å². The maximum atomic E-state index is 12.0. The van der Waals surface area contributed by atoms with Gasteiger partial charge in [-0.1, -0.05) is 24.3 Å². The minimum Gasteiger partial charge on any atom is -0.508 e. The summed E-state index contributed by atoms with van der Waals surface area (Å²) in [4.78, 5) is 30.1. The summed E-state index contributed by atoms with van der Waals surface area (Å²) < 4.78 is 0. The number of hydrogen-bond acceptors (Lipinski definition) is 5. The maximum Gasteiger partial charge on any atom is 0.163 e. The molecule has 27 heavy (non-hydrogen) atoms. The Morgan fingerprint density at radius 1 is 0.926 bits per heavy atom. The molecule has 0 atom stereocenters. The number of rotatable bonds is 7. The van der Waals surface area contributed by atoms with Crippen LogP contribution in [0, 0.1) is 0 Å². The fourth-order valence-corrected chi connectivity index (χ4v) is 3.22. The normalized spacial score (nSPS) is 11.3. The number of phenolic OH excluding ortho intramolecular Hbond substituents is 1. The molecule has 0 amide bonds. The van der Waals surface area contributed by atoms with Gasteiger partial charge in [-0.3, -0.25) is 14.6 Å². The molecule has 0 aliphatic rings. The number of nitrogens with zero attached hydrogens (tertiary/aromatic N) is 1. The van der Waals surface area contributed by atoms with Crippen molar-refractivity contribution in [1.29, 1.82) is 0 Å². The van der Waals surface area contributed by atoms with Gasteiger partial charge in [0, 0.05) is 11.1 Å². The van der Waals surface area contributed by atoms with Crippen LogP contribution in [0.2, 0.25) is 0 Å². The molecule has 3 rings (SSSR count). The lowest BCUT2D eigenvalue weighted by atomic mass is 10.1. The van der Waals surface area contributed by atoms with Crippen molar-refractivity contribution < 1.29 is 14.7 Å². The van der Waals surface area contributed by atoms with E-state index in [-0.39, 0.29) is 23.7 Å². The lowest BCUT2D eigenvalue weighted by molar-refractivity contribution is -0.121. The molecule has 134 valence electrons. The number of carbonyl (C=O) groups excluding carboxylic acids is 2. The molecular weight excluding hydrogens is 358 g/mol. The van der Waals surface area contributed by atoms with Crippen LogP contribution in [0.3, 0.4) is 0 Å². The Hall–Kier alpha value is -3.31. The minimum absolute atomic E-state index is 0.165. The molecule has 0 bridgehead atoms. The molecule has 0 saturated heterocycles. The van der Waals surface area contributed by atoms with Gasteiger partial charge in [-0.2, -0.15) is 0 Å². The molecule has 1 aromatic carbocycles. The number of carbonyl (C=O) groups is 2. The summed E-state index contributed by atoms with van der Waals surface area (Å²) in [6.45, 7) is 0. The molecule has 5 heteroatoms. The summed E-state index contributed by atoms with van der Waals surface area (Å²) in [7, 11) is 0. The number of hydrogen-bond donors (Lipinski definition) is 1. The largest absolute Gasteiger partial charge is 0.508 e. The number of benzene rings is 1. The summed E-state index contributed by atoms with van der Waals surface area (Å²) >= 11 is 1.53. The Morgan fingerprint density at radius 2 is 1.67 bits per heavy atom. The van der Waals surface area contributed by atoms with Gasteiger partial charge in [0.25, 0.3) is 0 Å². The van der Waals surface area contributed by atoms with E-state index in [0.29, 0.717) is 0 Å². The molecule has 2 heterocycles. The zero-order chi connectivity index (χ0) is 19.1. The zero-order valence-electron chi connectivity index (χ0n) is 14.4. The fraction of sp³-hybridized carbons (Fsp3) is 0.0455. The summed E-state index contributed by atoms with van der Waals surface area (Å²) in [6, 6.07) is 16.1. The van der Waals surface area contributed by atoms with Gasteiger partial charge >= 0.3 is 0 Å². The average Bonchev–Trinajstić information content (AvgIpc) is 3.16. The van der Waals surface area contributed by atoms with E-state index in [1.807, 2.05) is 30.3 Å². The van der Waals surface area contributed by atoms with E-state index in [9.17, 15) is 14.7 Å². The Labute approximate surface area is 161 Å². The Kier molecular flexibility index (Phi) is 6.07. The molecular formula is C22H17NO3S. The predicted molar refractivity (Wildman–Crippen MR) is 108 cm³/mol. The Balaban J connectivity index is 1.55. The van der Waals surface area contributed by atoms with Crippen LogP contribution in [0.1, 0.15) is 16.9 Å². The highest BCUT2D eigenvalue weighted by atomic mass is 32.1. The van der Waals surface area contributed by atoms with Crippen molar-refractivity contribution in [2.45, 2.75) is 6.42 Å². The molecule has 0 aliphatic heterocycles. The van der Waals surface area contributed by atoms with Crippen molar-refractivity contribution in [3.05, 3.63) is 83.4 Å². The third-order valence-corrected chi connectivity index (χ3v) is 4.75. The molecule has 0 fully saturated rings. The number of thiophene rings is 1. The van der Waals surface area contributed by atoms with Crippen molar-refractivity contribution in [3.8, 4) is 16.3 Å². The molecule has 0 unspecified atom stereocenters. The highest BCUT2D eigenvalue weighted by Gasteiger charge is 2.05. The van der Waals surface area contributed by atoms with Gasteiger partial charge in [0.05, 0.1) is 17.0 Å². The molecule has 0 saturated carbocycles. The van der Waals surface area contributed by atoms with E-state index >= 15 is 0 Å². The first-order chi connectivity index (χ1) is 13.1. The van der Waals surface area contributed by atoms with Crippen LogP contribution in [0.5, 0.6) is 5.75 Å². The minimum atomic E-state index is -0.266. The van der Waals surface area contributed by atoms with Crippen molar-refractivity contribution in [3.63, 3.8) is 0 Å². The Morgan fingerprint density at radius 3 is 2.37 bits per heavy atom. The monoisotopic (exact) mass is 375 g/mol. The fourth-order valence-electron chi connectivity index (χ4n) is 2.33. The summed E-state index contributed by atoms with van der Waals surface area (Å²) in [5.74, 6) is -0.347. The van der Waals surface area contributed by atoms with E-state index in [4.69, 9.17) is 0 Å². The number of phenols is 1. The first-order valence-electron chi connectivity index (χ1n) is 8.32. The number of allylic oxidation sites excluding steroid dienone is 2. The number of pyridine rings is 1. The lowest BCUT2D eigenvalue weighted by Gasteiger charge is -1.94. The molecule has 4 nitrogen and oxygen atoms in total. The Bertz CT molecular complexity index is 986. The van der Waals surface area contributed by atoms with Crippen molar-refractivity contribution in [2.75, 3.05) is 0 Å². The third kappa shape index (κ3) is 5.59. The zero-order valence-corrected chi connectivity index (χ0v) is 15.2.